The molecule has 0 aliphatic heterocycles. The maximum absolute atomic E-state index is 12.3. The van der Waals surface area contributed by atoms with E-state index in [1.165, 1.54) is 19.8 Å². The van der Waals surface area contributed by atoms with Crippen LogP contribution in [0.3, 0.4) is 0 Å². The molecule has 3 aromatic carbocycles. The highest BCUT2D eigenvalue weighted by Gasteiger charge is 2.16. The molecule has 0 atom stereocenters. The molecule has 0 aromatic heterocycles. The zero-order valence-corrected chi connectivity index (χ0v) is 19.5. The number of amides is 2. The molecule has 0 unspecified atom stereocenters. The molecular weight excluding hydrogens is 434 g/mol. The predicted molar refractivity (Wildman–Crippen MR) is 130 cm³/mol. The summed E-state index contributed by atoms with van der Waals surface area (Å²) >= 11 is 0. The Morgan fingerprint density at radius 2 is 1.59 bits per heavy atom. The minimum atomic E-state index is -0.914. The summed E-state index contributed by atoms with van der Waals surface area (Å²) in [6.07, 6.45) is 0. The molecule has 34 heavy (non-hydrogen) atoms. The first-order valence-electron chi connectivity index (χ1n) is 10.6. The van der Waals surface area contributed by atoms with Crippen LogP contribution in [-0.4, -0.2) is 31.7 Å². The van der Waals surface area contributed by atoms with Crippen molar-refractivity contribution in [1.29, 1.82) is 0 Å². The van der Waals surface area contributed by atoms with Gasteiger partial charge in [-0.05, 0) is 66.9 Å². The Kier molecular flexibility index (Phi) is 8.23. The quantitative estimate of drug-likeness (QED) is 0.299. The van der Waals surface area contributed by atoms with Crippen molar-refractivity contribution in [3.8, 4) is 17.2 Å². The van der Waals surface area contributed by atoms with Crippen LogP contribution >= 0.6 is 0 Å². The van der Waals surface area contributed by atoms with E-state index in [0.717, 1.165) is 16.9 Å². The Hall–Kier alpha value is -4.33. The molecule has 0 aliphatic rings. The van der Waals surface area contributed by atoms with E-state index in [9.17, 15) is 9.59 Å². The molecule has 0 saturated carbocycles. The summed E-state index contributed by atoms with van der Waals surface area (Å²) in [5, 5.41) is 6.52. The van der Waals surface area contributed by atoms with Crippen molar-refractivity contribution in [3.63, 3.8) is 0 Å². The molecule has 8 heteroatoms. The molecule has 0 bridgehead atoms. The highest BCUT2D eigenvalue weighted by Crippen LogP contribution is 2.28. The van der Waals surface area contributed by atoms with Gasteiger partial charge in [0.15, 0.2) is 0 Å². The number of rotatable bonds is 8. The van der Waals surface area contributed by atoms with Crippen LogP contribution in [0.4, 0.5) is 5.69 Å². The molecule has 0 spiro atoms. The fourth-order valence-corrected chi connectivity index (χ4v) is 3.07. The van der Waals surface area contributed by atoms with Crippen molar-refractivity contribution in [1.82, 2.24) is 5.43 Å². The Morgan fingerprint density at radius 1 is 0.882 bits per heavy atom. The second-order valence-electron chi connectivity index (χ2n) is 7.40. The van der Waals surface area contributed by atoms with Crippen LogP contribution in [0.15, 0.2) is 71.8 Å². The van der Waals surface area contributed by atoms with Gasteiger partial charge in [0, 0.05) is 6.07 Å². The first-order valence-corrected chi connectivity index (χ1v) is 10.6. The van der Waals surface area contributed by atoms with Crippen LogP contribution in [0, 0.1) is 6.92 Å². The zero-order chi connectivity index (χ0) is 24.5. The summed E-state index contributed by atoms with van der Waals surface area (Å²) in [4.78, 5) is 24.5. The van der Waals surface area contributed by atoms with Crippen LogP contribution in [0.2, 0.25) is 0 Å². The monoisotopic (exact) mass is 461 g/mol. The lowest BCUT2D eigenvalue weighted by Crippen LogP contribution is -2.33. The molecule has 0 aliphatic carbocycles. The van der Waals surface area contributed by atoms with Gasteiger partial charge in [0.25, 0.3) is 0 Å². The number of hydrazone groups is 1. The van der Waals surface area contributed by atoms with E-state index < -0.39 is 11.8 Å². The number of hydrogen-bond acceptors (Lipinski definition) is 6. The Bertz CT molecular complexity index is 1190. The first kappa shape index (κ1) is 24.3. The number of benzene rings is 3. The lowest BCUT2D eigenvalue weighted by molar-refractivity contribution is -0.136. The van der Waals surface area contributed by atoms with E-state index in [-0.39, 0.29) is 0 Å². The van der Waals surface area contributed by atoms with Crippen LogP contribution in [0.1, 0.15) is 23.6 Å². The van der Waals surface area contributed by atoms with Crippen molar-refractivity contribution in [2.24, 2.45) is 5.10 Å². The second-order valence-corrected chi connectivity index (χ2v) is 7.40. The number of nitrogens with one attached hydrogen (secondary N) is 2. The fraction of sp³-hybridized carbons (Fsp3) is 0.192. The molecule has 0 radical (unpaired) electrons. The average Bonchev–Trinajstić information content (AvgIpc) is 2.86. The SMILES string of the molecule is COc1ccc(OC)c(NC(=O)C(=O)NN=C(C)c2ccc(OCc3ccccc3C)cc2)c1. The molecule has 2 amide bonds. The maximum Gasteiger partial charge on any atom is 0.329 e. The van der Waals surface area contributed by atoms with Gasteiger partial charge in [0.05, 0.1) is 25.6 Å². The molecule has 0 heterocycles. The third kappa shape index (κ3) is 6.35. The number of nitrogens with zero attached hydrogens (tertiary/aromatic N) is 1. The minimum absolute atomic E-state index is 0.309. The van der Waals surface area contributed by atoms with E-state index >= 15 is 0 Å². The molecule has 2 N–H and O–H groups in total. The third-order valence-electron chi connectivity index (χ3n) is 5.11. The second kappa shape index (κ2) is 11.5. The van der Waals surface area contributed by atoms with Crippen molar-refractivity contribution in [2.45, 2.75) is 20.5 Å². The number of carbonyl (C=O) groups is 2. The average molecular weight is 462 g/mol. The standard InChI is InChI=1S/C26H27N3O5/c1-17-7-5-6-8-20(17)16-34-21-11-9-19(10-12-21)18(2)28-29-26(31)25(30)27-23-15-22(32-3)13-14-24(23)33-4/h5-15H,16H2,1-4H3,(H,27,30)(H,29,31). The van der Waals surface area contributed by atoms with E-state index in [4.69, 9.17) is 14.2 Å². The van der Waals surface area contributed by atoms with E-state index in [1.54, 1.807) is 25.1 Å². The van der Waals surface area contributed by atoms with Gasteiger partial charge in [0.2, 0.25) is 0 Å². The molecule has 3 rings (SSSR count). The summed E-state index contributed by atoms with van der Waals surface area (Å²) in [5.41, 5.74) is 6.18. The van der Waals surface area contributed by atoms with Gasteiger partial charge in [-0.15, -0.1) is 0 Å². The highest BCUT2D eigenvalue weighted by atomic mass is 16.5. The Labute approximate surface area is 198 Å². The lowest BCUT2D eigenvalue weighted by Gasteiger charge is -2.11. The van der Waals surface area contributed by atoms with Gasteiger partial charge in [-0.25, -0.2) is 5.43 Å². The third-order valence-corrected chi connectivity index (χ3v) is 5.11. The zero-order valence-electron chi connectivity index (χ0n) is 19.5. The summed E-state index contributed by atoms with van der Waals surface area (Å²) in [7, 11) is 2.96. The molecule has 0 saturated heterocycles. The van der Waals surface area contributed by atoms with Crippen LogP contribution in [0.5, 0.6) is 17.2 Å². The van der Waals surface area contributed by atoms with E-state index in [0.29, 0.717) is 29.5 Å². The van der Waals surface area contributed by atoms with E-state index in [1.807, 2.05) is 55.5 Å². The lowest BCUT2D eigenvalue weighted by atomic mass is 10.1. The Morgan fingerprint density at radius 3 is 2.26 bits per heavy atom. The number of hydrogen-bond donors (Lipinski definition) is 2. The topological polar surface area (TPSA) is 98.2 Å². The molecular formula is C26H27N3O5. The summed E-state index contributed by atoms with van der Waals surface area (Å²) in [6, 6.07) is 20.2. The van der Waals surface area contributed by atoms with E-state index in [2.05, 4.69) is 15.8 Å². The molecule has 3 aromatic rings. The molecule has 8 nitrogen and oxygen atoms in total. The Balaban J connectivity index is 1.57. The van der Waals surface area contributed by atoms with Crippen molar-refractivity contribution < 1.29 is 23.8 Å². The van der Waals surface area contributed by atoms with Crippen molar-refractivity contribution in [3.05, 3.63) is 83.4 Å². The normalized spacial score (nSPS) is 10.9. The molecule has 0 fully saturated rings. The number of ether oxygens (including phenoxy) is 3. The van der Waals surface area contributed by atoms with Gasteiger partial charge in [-0.1, -0.05) is 24.3 Å². The fourth-order valence-electron chi connectivity index (χ4n) is 3.07. The highest BCUT2D eigenvalue weighted by molar-refractivity contribution is 6.39. The van der Waals surface area contributed by atoms with Crippen LogP contribution < -0.4 is 25.0 Å². The predicted octanol–water partition coefficient (Wildman–Crippen LogP) is 4.07. The first-order chi connectivity index (χ1) is 16.4. The number of carbonyl (C=O) groups excluding carboxylic acids is 2. The van der Waals surface area contributed by atoms with Gasteiger partial charge < -0.3 is 19.5 Å². The number of aryl methyl sites for hydroxylation is 1. The summed E-state index contributed by atoms with van der Waals surface area (Å²) < 4.78 is 16.2. The van der Waals surface area contributed by atoms with Crippen LogP contribution in [0.25, 0.3) is 0 Å². The summed E-state index contributed by atoms with van der Waals surface area (Å²) in [5.74, 6) is -0.177. The maximum atomic E-state index is 12.3. The smallest absolute Gasteiger partial charge is 0.329 e. The number of anilines is 1. The van der Waals surface area contributed by atoms with Crippen molar-refractivity contribution >= 4 is 23.2 Å². The molecule has 176 valence electrons. The summed E-state index contributed by atoms with van der Waals surface area (Å²) in [6.45, 7) is 4.25. The van der Waals surface area contributed by atoms with Gasteiger partial charge >= 0.3 is 11.8 Å². The largest absolute Gasteiger partial charge is 0.497 e. The van der Waals surface area contributed by atoms with Gasteiger partial charge in [-0.2, -0.15) is 5.10 Å². The van der Waals surface area contributed by atoms with Gasteiger partial charge in [0.1, 0.15) is 23.9 Å². The van der Waals surface area contributed by atoms with Gasteiger partial charge in [-0.3, -0.25) is 9.59 Å². The minimum Gasteiger partial charge on any atom is -0.497 e. The van der Waals surface area contributed by atoms with Crippen LogP contribution in [-0.2, 0) is 16.2 Å². The van der Waals surface area contributed by atoms with Crippen molar-refractivity contribution in [2.75, 3.05) is 19.5 Å². The number of methoxy groups -OCH3 is 2.